The fourth-order valence-corrected chi connectivity index (χ4v) is 4.37. The predicted octanol–water partition coefficient (Wildman–Crippen LogP) is 3.01. The Balaban J connectivity index is 1.34. The number of hydrogen-bond acceptors (Lipinski definition) is 5. The van der Waals surface area contributed by atoms with Gasteiger partial charge in [0.25, 0.3) is 0 Å². The summed E-state index contributed by atoms with van der Waals surface area (Å²) in [5.74, 6) is -0.0115. The number of fused-ring (bicyclic) bond motifs is 1. The maximum atomic E-state index is 14.1. The number of carbonyl (C=O) groups is 1. The van der Waals surface area contributed by atoms with E-state index in [0.29, 0.717) is 17.9 Å². The largest absolute Gasteiger partial charge is 0.373 e. The first kappa shape index (κ1) is 21.7. The van der Waals surface area contributed by atoms with E-state index in [1.54, 1.807) is 6.07 Å². The average molecular weight is 426 g/mol. The van der Waals surface area contributed by atoms with E-state index in [9.17, 15) is 9.18 Å². The molecule has 0 bridgehead atoms. The monoisotopic (exact) mass is 425 g/mol. The molecule has 166 valence electrons. The van der Waals surface area contributed by atoms with Crippen molar-refractivity contribution in [2.24, 2.45) is 0 Å². The van der Waals surface area contributed by atoms with E-state index in [-0.39, 0.29) is 11.7 Å². The third-order valence-electron chi connectivity index (χ3n) is 6.12. The minimum Gasteiger partial charge on any atom is -0.373 e. The lowest BCUT2D eigenvalue weighted by atomic mass is 9.99. The molecule has 0 radical (unpaired) electrons. The molecule has 2 aromatic carbocycles. The number of nitrogens with zero attached hydrogens (tertiary/aromatic N) is 1. The van der Waals surface area contributed by atoms with Gasteiger partial charge in [0.05, 0.1) is 0 Å². The Kier molecular flexibility index (Phi) is 6.85. The lowest BCUT2D eigenvalue weighted by Crippen LogP contribution is -2.37. The summed E-state index contributed by atoms with van der Waals surface area (Å²) in [6.07, 6.45) is 1.51. The van der Waals surface area contributed by atoms with Crippen molar-refractivity contribution in [3.63, 3.8) is 0 Å². The number of aryl methyl sites for hydroxylation is 1. The number of anilines is 2. The topological polar surface area (TPSA) is 68.4 Å². The first-order valence-electron chi connectivity index (χ1n) is 11.2. The van der Waals surface area contributed by atoms with Crippen molar-refractivity contribution in [1.82, 2.24) is 15.8 Å². The van der Waals surface area contributed by atoms with Gasteiger partial charge >= 0.3 is 0 Å². The second kappa shape index (κ2) is 9.77. The zero-order valence-corrected chi connectivity index (χ0v) is 18.3. The van der Waals surface area contributed by atoms with Gasteiger partial charge in [0.1, 0.15) is 11.9 Å². The summed E-state index contributed by atoms with van der Waals surface area (Å²) in [5.41, 5.74) is 7.76. The van der Waals surface area contributed by atoms with Crippen molar-refractivity contribution < 1.29 is 9.18 Å². The van der Waals surface area contributed by atoms with Gasteiger partial charge < -0.3 is 16.0 Å². The lowest BCUT2D eigenvalue weighted by molar-refractivity contribution is -0.116. The molecule has 7 heteroatoms. The van der Waals surface area contributed by atoms with E-state index < -0.39 is 6.04 Å². The van der Waals surface area contributed by atoms with Crippen LogP contribution in [0.4, 0.5) is 15.8 Å². The molecule has 2 unspecified atom stereocenters. The number of benzene rings is 2. The van der Waals surface area contributed by atoms with Crippen molar-refractivity contribution in [1.29, 1.82) is 0 Å². The van der Waals surface area contributed by atoms with Gasteiger partial charge in [0.15, 0.2) is 0 Å². The SMILES string of the molecule is CCCNCCN1CC(c2cccc(NC(=O)C3Cc4c(F)ccc(C)c4N3)c2)CN1. The van der Waals surface area contributed by atoms with Gasteiger partial charge in [-0.2, -0.15) is 0 Å². The summed E-state index contributed by atoms with van der Waals surface area (Å²) in [7, 11) is 0. The molecule has 2 heterocycles. The molecule has 1 saturated heterocycles. The zero-order valence-electron chi connectivity index (χ0n) is 18.3. The van der Waals surface area contributed by atoms with E-state index in [0.717, 1.165) is 56.1 Å². The van der Waals surface area contributed by atoms with Gasteiger partial charge in [-0.05, 0) is 49.2 Å². The molecule has 0 aliphatic carbocycles. The number of carbonyl (C=O) groups excluding carboxylic acids is 1. The first-order chi connectivity index (χ1) is 15.0. The number of hydrazine groups is 1. The van der Waals surface area contributed by atoms with Gasteiger partial charge in [-0.3, -0.25) is 10.2 Å². The Labute approximate surface area is 183 Å². The molecule has 31 heavy (non-hydrogen) atoms. The Morgan fingerprint density at radius 3 is 2.94 bits per heavy atom. The minimum atomic E-state index is -0.464. The molecule has 4 N–H and O–H groups in total. The highest BCUT2D eigenvalue weighted by Crippen LogP contribution is 2.32. The van der Waals surface area contributed by atoms with Crippen LogP contribution in [0.15, 0.2) is 36.4 Å². The number of rotatable bonds is 8. The van der Waals surface area contributed by atoms with E-state index in [1.807, 2.05) is 19.1 Å². The van der Waals surface area contributed by atoms with Crippen molar-refractivity contribution in [2.45, 2.75) is 38.6 Å². The van der Waals surface area contributed by atoms with Crippen LogP contribution >= 0.6 is 0 Å². The molecular weight excluding hydrogens is 393 g/mol. The highest BCUT2D eigenvalue weighted by atomic mass is 19.1. The van der Waals surface area contributed by atoms with Crippen LogP contribution in [0, 0.1) is 12.7 Å². The second-order valence-electron chi connectivity index (χ2n) is 8.49. The third kappa shape index (κ3) is 5.06. The van der Waals surface area contributed by atoms with Gasteiger partial charge in [-0.25, -0.2) is 9.40 Å². The van der Waals surface area contributed by atoms with Crippen molar-refractivity contribution in [3.8, 4) is 0 Å². The summed E-state index contributed by atoms with van der Waals surface area (Å²) in [6, 6.07) is 10.8. The van der Waals surface area contributed by atoms with Crippen LogP contribution in [0.1, 0.15) is 36.0 Å². The van der Waals surface area contributed by atoms with Crippen LogP contribution in [0.2, 0.25) is 0 Å². The molecule has 0 aromatic heterocycles. The van der Waals surface area contributed by atoms with Crippen molar-refractivity contribution >= 4 is 17.3 Å². The second-order valence-corrected chi connectivity index (χ2v) is 8.49. The van der Waals surface area contributed by atoms with E-state index >= 15 is 0 Å². The van der Waals surface area contributed by atoms with Gasteiger partial charge in [0.2, 0.25) is 5.91 Å². The minimum absolute atomic E-state index is 0.139. The summed E-state index contributed by atoms with van der Waals surface area (Å²) < 4.78 is 14.1. The Bertz CT molecular complexity index is 903. The van der Waals surface area contributed by atoms with Crippen LogP contribution in [-0.4, -0.2) is 49.7 Å². The highest BCUT2D eigenvalue weighted by Gasteiger charge is 2.30. The molecule has 0 saturated carbocycles. The molecule has 1 fully saturated rings. The lowest BCUT2D eigenvalue weighted by Gasteiger charge is -2.17. The smallest absolute Gasteiger partial charge is 0.247 e. The van der Waals surface area contributed by atoms with Crippen LogP contribution in [0.5, 0.6) is 0 Å². The Hall–Kier alpha value is -2.48. The van der Waals surface area contributed by atoms with Gasteiger partial charge in [0, 0.05) is 55.5 Å². The summed E-state index contributed by atoms with van der Waals surface area (Å²) in [4.78, 5) is 12.8. The molecule has 2 aromatic rings. The summed E-state index contributed by atoms with van der Waals surface area (Å²) >= 11 is 0. The number of nitrogens with one attached hydrogen (secondary N) is 4. The highest BCUT2D eigenvalue weighted by molar-refractivity contribution is 5.98. The maximum Gasteiger partial charge on any atom is 0.247 e. The molecule has 2 atom stereocenters. The molecular formula is C24H32FN5O. The van der Waals surface area contributed by atoms with Gasteiger partial charge in [-0.15, -0.1) is 0 Å². The fraction of sp³-hybridized carbons (Fsp3) is 0.458. The van der Waals surface area contributed by atoms with Crippen LogP contribution in [0.3, 0.4) is 0 Å². The number of hydrogen-bond donors (Lipinski definition) is 4. The van der Waals surface area contributed by atoms with E-state index in [1.165, 1.54) is 11.6 Å². The van der Waals surface area contributed by atoms with Gasteiger partial charge in [-0.1, -0.05) is 25.1 Å². The Morgan fingerprint density at radius 2 is 2.13 bits per heavy atom. The average Bonchev–Trinajstić information content (AvgIpc) is 3.43. The quantitative estimate of drug-likeness (QED) is 0.490. The van der Waals surface area contributed by atoms with Crippen LogP contribution < -0.4 is 21.4 Å². The van der Waals surface area contributed by atoms with Crippen LogP contribution in [-0.2, 0) is 11.2 Å². The molecule has 4 rings (SSSR count). The zero-order chi connectivity index (χ0) is 21.8. The molecule has 2 aliphatic rings. The summed E-state index contributed by atoms with van der Waals surface area (Å²) in [5, 5.41) is 11.9. The Morgan fingerprint density at radius 1 is 1.26 bits per heavy atom. The van der Waals surface area contributed by atoms with Crippen LogP contribution in [0.25, 0.3) is 0 Å². The first-order valence-corrected chi connectivity index (χ1v) is 11.2. The number of amides is 1. The van der Waals surface area contributed by atoms with E-state index in [4.69, 9.17) is 0 Å². The normalized spacial score (nSPS) is 20.5. The molecule has 2 aliphatic heterocycles. The maximum absolute atomic E-state index is 14.1. The molecule has 0 spiro atoms. The third-order valence-corrected chi connectivity index (χ3v) is 6.12. The van der Waals surface area contributed by atoms with Crippen molar-refractivity contribution in [2.75, 3.05) is 43.4 Å². The standard InChI is InChI=1S/C24H32FN5O/c1-3-9-26-10-11-30-15-18(14-27-30)17-5-4-6-19(12-17)28-24(31)22-13-20-21(25)8-7-16(2)23(20)29-22/h4-8,12,18,22,26-27,29H,3,9-11,13-15H2,1-2H3,(H,28,31). The summed E-state index contributed by atoms with van der Waals surface area (Å²) in [6.45, 7) is 8.92. The molecule has 1 amide bonds. The molecule has 6 nitrogen and oxygen atoms in total. The van der Waals surface area contributed by atoms with Crippen molar-refractivity contribution in [3.05, 3.63) is 58.9 Å². The fourth-order valence-electron chi connectivity index (χ4n) is 4.37. The van der Waals surface area contributed by atoms with E-state index in [2.05, 4.69) is 45.4 Å². The number of halogens is 1. The predicted molar refractivity (Wildman–Crippen MR) is 123 cm³/mol.